The molecule has 8 rings (SSSR count). The number of benzene rings is 4. The lowest BCUT2D eigenvalue weighted by Gasteiger charge is -2.28. The molecule has 0 unspecified atom stereocenters. The van der Waals surface area contributed by atoms with Crippen LogP contribution in [-0.4, -0.2) is 65.7 Å². The zero-order valence-electron chi connectivity index (χ0n) is 29.6. The van der Waals surface area contributed by atoms with Gasteiger partial charge in [0.25, 0.3) is 17.0 Å². The Hall–Kier alpha value is -6.24. The van der Waals surface area contributed by atoms with Crippen LogP contribution in [0.15, 0.2) is 125 Å². The summed E-state index contributed by atoms with van der Waals surface area (Å²) in [5, 5.41) is 33.4. The van der Waals surface area contributed by atoms with Crippen LogP contribution < -0.4 is 16.0 Å². The second kappa shape index (κ2) is 14.0. The van der Waals surface area contributed by atoms with E-state index in [2.05, 4.69) is 10.2 Å². The van der Waals surface area contributed by atoms with Gasteiger partial charge in [0.05, 0.1) is 59.4 Å². The number of aliphatic hydroxyl groups is 2. The molecule has 272 valence electrons. The van der Waals surface area contributed by atoms with Crippen LogP contribution in [0.4, 0.5) is 5.69 Å². The normalized spacial score (nSPS) is 18.9. The molecule has 12 nitrogen and oxygen atoms in total. The SMILES string of the molecule is C[C@@H](/C=C/CC(=O)N1CCC[C@H]1CO)[C@]1(O)C(=O)N(Cc2ccc(-n3ncc4ccccc4c3=O)cc2)c2ccc(-n3ncc4ccccc4c3=O)cc21. The minimum absolute atomic E-state index is 0.0552. The van der Waals surface area contributed by atoms with Crippen molar-refractivity contribution in [3.63, 3.8) is 0 Å². The lowest BCUT2D eigenvalue weighted by Crippen LogP contribution is -2.44. The molecule has 4 aromatic carbocycles. The molecule has 2 amide bonds. The monoisotopic (exact) mass is 722 g/mol. The highest BCUT2D eigenvalue weighted by molar-refractivity contribution is 6.07. The van der Waals surface area contributed by atoms with Crippen molar-refractivity contribution in [2.24, 2.45) is 5.92 Å². The first-order valence-electron chi connectivity index (χ1n) is 18.0. The maximum atomic E-state index is 14.5. The van der Waals surface area contributed by atoms with E-state index in [1.165, 1.54) is 14.3 Å². The van der Waals surface area contributed by atoms with Crippen molar-refractivity contribution in [3.8, 4) is 11.4 Å². The van der Waals surface area contributed by atoms with Gasteiger partial charge in [-0.15, -0.1) is 0 Å². The van der Waals surface area contributed by atoms with Crippen LogP contribution in [0.2, 0.25) is 0 Å². The van der Waals surface area contributed by atoms with Gasteiger partial charge in [-0.05, 0) is 60.9 Å². The highest BCUT2D eigenvalue weighted by Gasteiger charge is 2.52. The molecule has 0 aliphatic carbocycles. The Morgan fingerprint density at radius 1 is 0.870 bits per heavy atom. The van der Waals surface area contributed by atoms with Crippen molar-refractivity contribution in [3.05, 3.63) is 147 Å². The molecule has 3 atom stereocenters. The van der Waals surface area contributed by atoms with Crippen molar-refractivity contribution in [2.75, 3.05) is 18.1 Å². The molecule has 2 N–H and O–H groups in total. The number of amides is 2. The van der Waals surface area contributed by atoms with E-state index in [4.69, 9.17) is 0 Å². The highest BCUT2D eigenvalue weighted by Crippen LogP contribution is 2.46. The Balaban J connectivity index is 1.13. The van der Waals surface area contributed by atoms with E-state index < -0.39 is 17.4 Å². The Morgan fingerprint density at radius 3 is 2.13 bits per heavy atom. The minimum Gasteiger partial charge on any atom is -0.394 e. The molecular weight excluding hydrogens is 684 g/mol. The van der Waals surface area contributed by atoms with E-state index in [9.17, 15) is 29.4 Å². The van der Waals surface area contributed by atoms with Gasteiger partial charge in [0, 0.05) is 35.2 Å². The average molecular weight is 723 g/mol. The maximum Gasteiger partial charge on any atom is 0.279 e. The molecule has 4 heterocycles. The van der Waals surface area contributed by atoms with Gasteiger partial charge in [0.15, 0.2) is 5.60 Å². The number of carbonyl (C=O) groups is 2. The number of likely N-dealkylation sites (tertiary alicyclic amines) is 1. The van der Waals surface area contributed by atoms with Crippen molar-refractivity contribution in [2.45, 2.75) is 44.4 Å². The lowest BCUT2D eigenvalue weighted by molar-refractivity contribution is -0.139. The smallest absolute Gasteiger partial charge is 0.279 e. The van der Waals surface area contributed by atoms with E-state index in [-0.39, 0.29) is 42.6 Å². The molecule has 54 heavy (non-hydrogen) atoms. The Morgan fingerprint density at radius 2 is 1.48 bits per heavy atom. The molecule has 6 aromatic rings. The minimum atomic E-state index is -2.05. The summed E-state index contributed by atoms with van der Waals surface area (Å²) in [5.74, 6) is -1.47. The van der Waals surface area contributed by atoms with Crippen LogP contribution >= 0.6 is 0 Å². The first-order valence-corrected chi connectivity index (χ1v) is 18.0. The molecule has 1 saturated heterocycles. The Labute approximate surface area is 309 Å². The fraction of sp³-hybridized carbons (Fsp3) is 0.238. The Kier molecular flexibility index (Phi) is 9.00. The fourth-order valence-corrected chi connectivity index (χ4v) is 7.68. The van der Waals surface area contributed by atoms with Gasteiger partial charge in [-0.25, -0.2) is 0 Å². The van der Waals surface area contributed by atoms with Crippen molar-refractivity contribution in [1.82, 2.24) is 24.5 Å². The van der Waals surface area contributed by atoms with Crippen molar-refractivity contribution < 1.29 is 19.8 Å². The average Bonchev–Trinajstić information content (AvgIpc) is 3.77. The molecular formula is C42H38N6O6. The zero-order chi connectivity index (χ0) is 37.6. The van der Waals surface area contributed by atoms with E-state index in [1.807, 2.05) is 36.4 Å². The zero-order valence-corrected chi connectivity index (χ0v) is 29.6. The van der Waals surface area contributed by atoms with Crippen molar-refractivity contribution >= 4 is 39.0 Å². The number of rotatable bonds is 9. The van der Waals surface area contributed by atoms with Crippen LogP contribution in [0.5, 0.6) is 0 Å². The summed E-state index contributed by atoms with van der Waals surface area (Å²) in [6.07, 6.45) is 8.21. The molecule has 0 spiro atoms. The molecule has 0 radical (unpaired) electrons. The number of anilines is 1. The summed E-state index contributed by atoms with van der Waals surface area (Å²) in [6, 6.07) is 26.4. The first-order chi connectivity index (χ1) is 26.2. The lowest BCUT2D eigenvalue weighted by atomic mass is 9.82. The van der Waals surface area contributed by atoms with Crippen LogP contribution in [0.25, 0.3) is 32.9 Å². The number of hydrogen-bond acceptors (Lipinski definition) is 8. The molecule has 2 aliphatic rings. The van der Waals surface area contributed by atoms with Gasteiger partial charge >= 0.3 is 0 Å². The van der Waals surface area contributed by atoms with Gasteiger partial charge in [-0.1, -0.05) is 67.6 Å². The summed E-state index contributed by atoms with van der Waals surface area (Å²) < 4.78 is 2.59. The fourth-order valence-electron chi connectivity index (χ4n) is 7.68. The van der Waals surface area contributed by atoms with Crippen LogP contribution in [-0.2, 0) is 21.7 Å². The molecule has 2 aliphatic heterocycles. The molecule has 1 fully saturated rings. The second-order valence-corrected chi connectivity index (χ2v) is 13.9. The van der Waals surface area contributed by atoms with Gasteiger partial charge in [0.1, 0.15) is 0 Å². The number of hydrogen-bond donors (Lipinski definition) is 2. The van der Waals surface area contributed by atoms with Gasteiger partial charge in [-0.3, -0.25) is 19.2 Å². The largest absolute Gasteiger partial charge is 0.394 e. The third-order valence-electron chi connectivity index (χ3n) is 10.7. The summed E-state index contributed by atoms with van der Waals surface area (Å²) in [7, 11) is 0. The summed E-state index contributed by atoms with van der Waals surface area (Å²) in [6.45, 7) is 2.31. The quantitative estimate of drug-likeness (QED) is 0.209. The molecule has 0 bridgehead atoms. The third kappa shape index (κ3) is 5.89. The predicted octanol–water partition coefficient (Wildman–Crippen LogP) is 4.38. The van der Waals surface area contributed by atoms with Gasteiger partial charge < -0.3 is 20.0 Å². The van der Waals surface area contributed by atoms with Crippen LogP contribution in [0.1, 0.15) is 37.3 Å². The summed E-state index contributed by atoms with van der Waals surface area (Å²) in [4.78, 5) is 57.4. The van der Waals surface area contributed by atoms with E-state index in [0.29, 0.717) is 45.3 Å². The number of aliphatic hydroxyl groups excluding tert-OH is 1. The van der Waals surface area contributed by atoms with Gasteiger partial charge in [0.2, 0.25) is 5.91 Å². The predicted molar refractivity (Wildman–Crippen MR) is 205 cm³/mol. The number of carbonyl (C=O) groups excluding carboxylic acids is 2. The molecule has 12 heteroatoms. The van der Waals surface area contributed by atoms with E-state index in [0.717, 1.165) is 23.8 Å². The first kappa shape index (κ1) is 34.8. The topological polar surface area (TPSA) is 151 Å². The maximum absolute atomic E-state index is 14.5. The highest BCUT2D eigenvalue weighted by atomic mass is 16.3. The Bertz CT molecular complexity index is 2580. The van der Waals surface area contributed by atoms with Crippen LogP contribution in [0, 0.1) is 5.92 Å². The van der Waals surface area contributed by atoms with Gasteiger partial charge in [-0.2, -0.15) is 19.6 Å². The number of aromatic nitrogens is 4. The number of nitrogens with zero attached hydrogens (tertiary/aromatic N) is 6. The van der Waals surface area contributed by atoms with Crippen molar-refractivity contribution in [1.29, 1.82) is 0 Å². The summed E-state index contributed by atoms with van der Waals surface area (Å²) in [5.41, 5.74) is -0.180. The van der Waals surface area contributed by atoms with E-state index >= 15 is 0 Å². The number of fused-ring (bicyclic) bond motifs is 3. The molecule has 0 saturated carbocycles. The molecule has 2 aromatic heterocycles. The third-order valence-corrected chi connectivity index (χ3v) is 10.7. The van der Waals surface area contributed by atoms with Crippen LogP contribution in [0.3, 0.4) is 0 Å². The summed E-state index contributed by atoms with van der Waals surface area (Å²) >= 11 is 0. The standard InChI is InChI=1S/C42H38N6O6/c1-27(8-6-14-38(50)45-21-7-11-33(45)26-49)42(54)36-22-32(48-40(52)35-13-5-3-10-30(35)24-44-48)19-20-37(36)46(41(42)53)25-28-15-17-31(18-16-28)47-39(51)34-12-4-2-9-29(34)23-43-47/h2-6,8-10,12-13,15-20,22-24,27,33,49,54H,7,11,14,21,25-26H2,1H3/b8-6+/t27-,33-,42+/m0/s1. The second-order valence-electron chi connectivity index (χ2n) is 13.9. The van der Waals surface area contributed by atoms with E-state index in [1.54, 1.807) is 91.0 Å².